The molecule has 0 unspecified atom stereocenters. The standard InChI is InChI=1S/C21H17FN6O4/c1-2-31-21(30)16-10-23-19(25-20(16)29)14-6-7-18(17(9-14)28-12-24-26-27-28)32-11-13-4-3-5-15(22)8-13/h3-10,12H,2,11H2,1H3,(H,23,25,29). The van der Waals surface area contributed by atoms with Gasteiger partial charge in [0.05, 0.1) is 6.61 Å². The summed E-state index contributed by atoms with van der Waals surface area (Å²) in [6.07, 6.45) is 2.55. The van der Waals surface area contributed by atoms with Gasteiger partial charge in [0.2, 0.25) is 0 Å². The van der Waals surface area contributed by atoms with Gasteiger partial charge in [-0.25, -0.2) is 14.2 Å². The fourth-order valence-electron chi connectivity index (χ4n) is 2.92. The third kappa shape index (κ3) is 4.51. The van der Waals surface area contributed by atoms with Crippen LogP contribution < -0.4 is 10.3 Å². The van der Waals surface area contributed by atoms with Crippen LogP contribution in [-0.2, 0) is 11.3 Å². The molecule has 1 N–H and O–H groups in total. The van der Waals surface area contributed by atoms with E-state index in [1.807, 2.05) is 0 Å². The Hall–Kier alpha value is -4.41. The fourth-order valence-corrected chi connectivity index (χ4v) is 2.92. The van der Waals surface area contributed by atoms with Gasteiger partial charge in [0, 0.05) is 11.8 Å². The first-order chi connectivity index (χ1) is 15.5. The summed E-state index contributed by atoms with van der Waals surface area (Å²) in [4.78, 5) is 30.9. The summed E-state index contributed by atoms with van der Waals surface area (Å²) in [6, 6.07) is 11.1. The summed E-state index contributed by atoms with van der Waals surface area (Å²) in [5.41, 5.74) is 0.842. The Morgan fingerprint density at radius 1 is 1.22 bits per heavy atom. The molecular formula is C21H17FN6O4. The zero-order valence-electron chi connectivity index (χ0n) is 16.9. The van der Waals surface area contributed by atoms with E-state index >= 15 is 0 Å². The number of H-pyrrole nitrogens is 1. The largest absolute Gasteiger partial charge is 0.487 e. The van der Waals surface area contributed by atoms with Crippen LogP contribution in [0.4, 0.5) is 4.39 Å². The van der Waals surface area contributed by atoms with E-state index in [1.165, 1.54) is 23.1 Å². The highest BCUT2D eigenvalue weighted by molar-refractivity contribution is 5.88. The van der Waals surface area contributed by atoms with Crippen molar-refractivity contribution >= 4 is 5.97 Å². The second-order valence-corrected chi connectivity index (χ2v) is 6.55. The van der Waals surface area contributed by atoms with Gasteiger partial charge < -0.3 is 14.5 Å². The molecule has 0 radical (unpaired) electrons. The Morgan fingerprint density at radius 3 is 2.81 bits per heavy atom. The molecule has 0 amide bonds. The number of hydrogen-bond donors (Lipinski definition) is 1. The molecule has 0 spiro atoms. The molecule has 0 aliphatic rings. The lowest BCUT2D eigenvalue weighted by Gasteiger charge is -2.13. The van der Waals surface area contributed by atoms with Crippen molar-refractivity contribution in [2.45, 2.75) is 13.5 Å². The number of carbonyl (C=O) groups is 1. The Morgan fingerprint density at radius 2 is 2.09 bits per heavy atom. The Labute approximate surface area is 180 Å². The van der Waals surface area contributed by atoms with Crippen molar-refractivity contribution in [3.63, 3.8) is 0 Å². The highest BCUT2D eigenvalue weighted by Crippen LogP contribution is 2.28. The first-order valence-electron chi connectivity index (χ1n) is 9.56. The third-order valence-corrected chi connectivity index (χ3v) is 4.41. The minimum absolute atomic E-state index is 0.121. The molecule has 2 heterocycles. The van der Waals surface area contributed by atoms with E-state index in [9.17, 15) is 14.0 Å². The fraction of sp³-hybridized carbons (Fsp3) is 0.143. The smallest absolute Gasteiger partial charge is 0.345 e. The third-order valence-electron chi connectivity index (χ3n) is 4.41. The number of nitrogens with zero attached hydrogens (tertiary/aromatic N) is 5. The normalized spacial score (nSPS) is 10.7. The van der Waals surface area contributed by atoms with Gasteiger partial charge in [-0.05, 0) is 53.2 Å². The van der Waals surface area contributed by atoms with Gasteiger partial charge in [0.15, 0.2) is 0 Å². The van der Waals surface area contributed by atoms with E-state index in [0.717, 1.165) is 6.20 Å². The molecule has 0 saturated carbocycles. The van der Waals surface area contributed by atoms with Crippen LogP contribution in [0.25, 0.3) is 17.1 Å². The number of aromatic amines is 1. The Balaban J connectivity index is 1.66. The molecule has 10 nitrogen and oxygen atoms in total. The van der Waals surface area contributed by atoms with Crippen molar-refractivity contribution in [2.24, 2.45) is 0 Å². The number of rotatable bonds is 7. The summed E-state index contributed by atoms with van der Waals surface area (Å²) < 4.78 is 25.5. The van der Waals surface area contributed by atoms with Crippen molar-refractivity contribution < 1.29 is 18.7 Å². The average molecular weight is 436 g/mol. The quantitative estimate of drug-likeness (QED) is 0.438. The molecule has 32 heavy (non-hydrogen) atoms. The van der Waals surface area contributed by atoms with E-state index in [1.54, 1.807) is 37.3 Å². The van der Waals surface area contributed by atoms with Crippen molar-refractivity contribution in [3.05, 3.63) is 82.3 Å². The maximum Gasteiger partial charge on any atom is 0.345 e. The molecule has 0 saturated heterocycles. The van der Waals surface area contributed by atoms with Gasteiger partial charge in [0.25, 0.3) is 5.56 Å². The monoisotopic (exact) mass is 436 g/mol. The van der Waals surface area contributed by atoms with Gasteiger partial charge >= 0.3 is 5.97 Å². The summed E-state index contributed by atoms with van der Waals surface area (Å²) in [5, 5.41) is 11.2. The van der Waals surface area contributed by atoms with Gasteiger partial charge in [-0.15, -0.1) is 5.10 Å². The molecule has 2 aromatic carbocycles. The number of hydrogen-bond acceptors (Lipinski definition) is 8. The summed E-state index contributed by atoms with van der Waals surface area (Å²) in [7, 11) is 0. The van der Waals surface area contributed by atoms with Crippen LogP contribution in [0.1, 0.15) is 22.8 Å². The van der Waals surface area contributed by atoms with Gasteiger partial charge in [-0.3, -0.25) is 4.79 Å². The minimum atomic E-state index is -0.747. The zero-order chi connectivity index (χ0) is 22.5. The minimum Gasteiger partial charge on any atom is -0.487 e. The van der Waals surface area contributed by atoms with E-state index in [2.05, 4.69) is 25.5 Å². The molecule has 2 aromatic heterocycles. The predicted molar refractivity (Wildman–Crippen MR) is 110 cm³/mol. The maximum absolute atomic E-state index is 13.4. The van der Waals surface area contributed by atoms with Gasteiger partial charge in [-0.1, -0.05) is 12.1 Å². The highest BCUT2D eigenvalue weighted by Gasteiger charge is 2.15. The molecule has 4 rings (SSSR count). The molecular weight excluding hydrogens is 419 g/mol. The lowest BCUT2D eigenvalue weighted by Crippen LogP contribution is -2.21. The maximum atomic E-state index is 13.4. The highest BCUT2D eigenvalue weighted by atomic mass is 19.1. The number of ether oxygens (including phenoxy) is 2. The molecule has 4 aromatic rings. The SMILES string of the molecule is CCOC(=O)c1cnc(-c2ccc(OCc3cccc(F)c3)c(-n3cnnn3)c2)[nH]c1=O. The molecule has 0 aliphatic heterocycles. The van der Waals surface area contributed by atoms with E-state index in [-0.39, 0.29) is 30.4 Å². The van der Waals surface area contributed by atoms with Crippen LogP contribution in [0.3, 0.4) is 0 Å². The number of benzene rings is 2. The second-order valence-electron chi connectivity index (χ2n) is 6.55. The molecule has 0 fully saturated rings. The van der Waals surface area contributed by atoms with Gasteiger partial charge in [0.1, 0.15) is 41.6 Å². The van der Waals surface area contributed by atoms with Crippen molar-refractivity contribution in [2.75, 3.05) is 6.61 Å². The molecule has 0 aliphatic carbocycles. The average Bonchev–Trinajstić information content (AvgIpc) is 3.32. The van der Waals surface area contributed by atoms with Crippen molar-refractivity contribution in [1.82, 2.24) is 30.2 Å². The van der Waals surface area contributed by atoms with Crippen LogP contribution in [-0.4, -0.2) is 42.8 Å². The Bertz CT molecular complexity index is 1310. The molecule has 162 valence electrons. The number of esters is 1. The number of tetrazole rings is 1. The second kappa shape index (κ2) is 9.16. The first kappa shape index (κ1) is 20.8. The van der Waals surface area contributed by atoms with Crippen LogP contribution in [0.15, 0.2) is 59.8 Å². The predicted octanol–water partition coefficient (Wildman–Crippen LogP) is 2.31. The van der Waals surface area contributed by atoms with Crippen LogP contribution in [0.2, 0.25) is 0 Å². The topological polar surface area (TPSA) is 125 Å². The zero-order valence-corrected chi connectivity index (χ0v) is 16.9. The summed E-state index contributed by atoms with van der Waals surface area (Å²) >= 11 is 0. The number of nitrogens with one attached hydrogen (secondary N) is 1. The summed E-state index contributed by atoms with van der Waals surface area (Å²) in [5.74, 6) is -0.448. The van der Waals surface area contributed by atoms with Gasteiger partial charge in [-0.2, -0.15) is 4.68 Å². The van der Waals surface area contributed by atoms with Crippen LogP contribution in [0.5, 0.6) is 5.75 Å². The number of aromatic nitrogens is 6. The summed E-state index contributed by atoms with van der Waals surface area (Å²) in [6.45, 7) is 1.91. The van der Waals surface area contributed by atoms with E-state index in [0.29, 0.717) is 22.6 Å². The number of carbonyl (C=O) groups excluding carboxylic acids is 1. The molecule has 11 heteroatoms. The van der Waals surface area contributed by atoms with E-state index < -0.39 is 11.5 Å². The Kier molecular flexibility index (Phi) is 5.97. The van der Waals surface area contributed by atoms with Crippen molar-refractivity contribution in [1.29, 1.82) is 0 Å². The van der Waals surface area contributed by atoms with Crippen LogP contribution in [0, 0.1) is 5.82 Å². The molecule has 0 bridgehead atoms. The lowest BCUT2D eigenvalue weighted by molar-refractivity contribution is 0.0523. The van der Waals surface area contributed by atoms with Crippen LogP contribution >= 0.6 is 0 Å². The lowest BCUT2D eigenvalue weighted by atomic mass is 10.1. The molecule has 0 atom stereocenters. The number of halogens is 1. The first-order valence-corrected chi connectivity index (χ1v) is 9.56. The van der Waals surface area contributed by atoms with E-state index in [4.69, 9.17) is 9.47 Å². The van der Waals surface area contributed by atoms with Crippen molar-refractivity contribution in [3.8, 4) is 22.8 Å².